The molecule has 2 N–H and O–H groups in total. The van der Waals surface area contributed by atoms with E-state index in [1.807, 2.05) is 0 Å². The molecule has 0 aromatic heterocycles. The number of aliphatic hydroxyl groups excluding tert-OH is 2. The molecule has 0 spiro atoms. The van der Waals surface area contributed by atoms with E-state index in [2.05, 4.69) is 50.9 Å². The molecule has 0 aliphatic carbocycles. The van der Waals surface area contributed by atoms with E-state index in [1.54, 1.807) is 6.92 Å². The van der Waals surface area contributed by atoms with E-state index in [0.717, 1.165) is 16.7 Å². The molecule has 0 rings (SSSR count). The van der Waals surface area contributed by atoms with Gasteiger partial charge in [-0.1, -0.05) is 13.0 Å². The Balaban J connectivity index is 0. The lowest BCUT2D eigenvalue weighted by molar-refractivity contribution is -0.136. The first-order valence-electron chi connectivity index (χ1n) is 9.03. The maximum atomic E-state index is 10.8. The van der Waals surface area contributed by atoms with Gasteiger partial charge in [0, 0.05) is 5.57 Å². The highest BCUT2D eigenvalue weighted by atomic mass is 28.4. The predicted octanol–water partition coefficient (Wildman–Crippen LogP) is 1.97. The first-order chi connectivity index (χ1) is 11.6. The minimum absolute atomic E-state index is 0.227. The molecular formula is C17H40O6Si3. The lowest BCUT2D eigenvalue weighted by Gasteiger charge is -2.40. The van der Waals surface area contributed by atoms with Crippen LogP contribution in [0.15, 0.2) is 11.6 Å². The fraction of sp³-hybridized carbons (Fsp3) is 0.824. The van der Waals surface area contributed by atoms with E-state index in [0.29, 0.717) is 5.57 Å². The minimum Gasteiger partial charge on any atom is -0.466 e. The molecule has 0 bridgehead atoms. The Morgan fingerprint density at radius 2 is 1.58 bits per heavy atom. The van der Waals surface area contributed by atoms with E-state index in [-0.39, 0.29) is 18.4 Å². The maximum Gasteiger partial charge on any atom is 0.333 e. The summed E-state index contributed by atoms with van der Waals surface area (Å²) in [5.74, 6) is -0.417. The summed E-state index contributed by atoms with van der Waals surface area (Å²) in [5, 5.41) is 17.4. The number of carbonyl (C=O) groups excluding carboxylic acids is 1. The molecule has 1 atom stereocenters. The monoisotopic (exact) mass is 424 g/mol. The van der Waals surface area contributed by atoms with Gasteiger partial charge in [-0.15, -0.1) is 0 Å². The first-order valence-corrected chi connectivity index (χ1v) is 16.8. The van der Waals surface area contributed by atoms with Crippen molar-refractivity contribution in [2.24, 2.45) is 0 Å². The summed E-state index contributed by atoms with van der Waals surface area (Å²) in [6.07, 6.45) is 1.97. The average molecular weight is 425 g/mol. The highest BCUT2D eigenvalue weighted by molar-refractivity contribution is 6.71. The van der Waals surface area contributed by atoms with Crippen LogP contribution < -0.4 is 0 Å². The van der Waals surface area contributed by atoms with Crippen LogP contribution in [0, 0.1) is 0 Å². The Morgan fingerprint density at radius 1 is 1.15 bits per heavy atom. The van der Waals surface area contributed by atoms with Crippen LogP contribution in [0.3, 0.4) is 0 Å². The van der Waals surface area contributed by atoms with Gasteiger partial charge in [-0.25, -0.2) is 4.79 Å². The van der Waals surface area contributed by atoms with E-state index < -0.39 is 28.7 Å². The fourth-order valence-electron chi connectivity index (χ4n) is 2.09. The van der Waals surface area contributed by atoms with E-state index >= 15 is 0 Å². The molecule has 0 saturated heterocycles. The van der Waals surface area contributed by atoms with Gasteiger partial charge in [0.2, 0.25) is 0 Å². The molecule has 26 heavy (non-hydrogen) atoms. The molecule has 9 heteroatoms. The van der Waals surface area contributed by atoms with Gasteiger partial charge in [0.1, 0.15) is 5.41 Å². The Hall–Kier alpha value is -0.299. The van der Waals surface area contributed by atoms with Gasteiger partial charge < -0.3 is 23.8 Å². The van der Waals surface area contributed by atoms with Crippen molar-refractivity contribution in [3.05, 3.63) is 11.6 Å². The summed E-state index contributed by atoms with van der Waals surface area (Å²) >= 11 is 0. The van der Waals surface area contributed by atoms with Crippen molar-refractivity contribution in [1.82, 2.24) is 0 Å². The number of hydrogen-bond donors (Lipinski definition) is 2. The highest BCUT2D eigenvalue weighted by Crippen LogP contribution is 2.24. The van der Waals surface area contributed by atoms with Crippen molar-refractivity contribution in [3.8, 4) is 0 Å². The second kappa shape index (κ2) is 12.2. The van der Waals surface area contributed by atoms with Gasteiger partial charge in [-0.05, 0) is 59.0 Å². The van der Waals surface area contributed by atoms with Crippen LogP contribution in [0.25, 0.3) is 0 Å². The largest absolute Gasteiger partial charge is 0.466 e. The zero-order valence-corrected chi connectivity index (χ0v) is 22.3. The lowest BCUT2D eigenvalue weighted by Crippen LogP contribution is -2.50. The highest BCUT2D eigenvalue weighted by Gasteiger charge is 2.34. The Morgan fingerprint density at radius 3 is 1.85 bits per heavy atom. The quantitative estimate of drug-likeness (QED) is 0.255. The van der Waals surface area contributed by atoms with Crippen LogP contribution in [0.4, 0.5) is 0 Å². The molecular weight excluding hydrogens is 384 g/mol. The fourth-order valence-corrected chi connectivity index (χ4v) is 8.81. The van der Waals surface area contributed by atoms with E-state index in [4.69, 9.17) is 19.1 Å². The van der Waals surface area contributed by atoms with Gasteiger partial charge >= 0.3 is 5.97 Å². The smallest absolute Gasteiger partial charge is 0.333 e. The Labute approximate surface area is 164 Å². The molecule has 1 unspecified atom stereocenters. The van der Waals surface area contributed by atoms with Gasteiger partial charge in [-0.3, -0.25) is 0 Å². The summed E-state index contributed by atoms with van der Waals surface area (Å²) in [4.78, 5) is 10.8. The van der Waals surface area contributed by atoms with Gasteiger partial charge in [0.15, 0.2) is 16.6 Å². The Kier molecular flexibility index (Phi) is 13.1. The van der Waals surface area contributed by atoms with Crippen LogP contribution in [0.1, 0.15) is 26.7 Å². The lowest BCUT2D eigenvalue weighted by atomic mass is 10.2. The molecule has 0 fully saturated rings. The van der Waals surface area contributed by atoms with Gasteiger partial charge in [0.25, 0.3) is 0 Å². The second-order valence-corrected chi connectivity index (χ2v) is 18.7. The van der Waals surface area contributed by atoms with Crippen LogP contribution >= 0.6 is 0 Å². The molecule has 0 aliphatic heterocycles. The topological polar surface area (TPSA) is 85.2 Å². The molecule has 0 aliphatic rings. The molecule has 0 heterocycles. The molecule has 0 aromatic carbocycles. The summed E-state index contributed by atoms with van der Waals surface area (Å²) in [5.41, 5.74) is 0.208. The first kappa shape index (κ1) is 27.9. The number of aliphatic hydroxyl groups is 2. The van der Waals surface area contributed by atoms with Crippen LogP contribution in [0.5, 0.6) is 0 Å². The number of hydrogen-bond acceptors (Lipinski definition) is 6. The standard InChI is InChI=1S/C9H26O2Si3.C8H14O4/c1-8-9(12,10-13(2,3)4)11-14(5,6)7;1-6(8(11)12-2)3-4-7(10)5-9/h8H2,1-7,12H3;3,7,9-10H,4-5H2,1-2H3. The van der Waals surface area contributed by atoms with Crippen molar-refractivity contribution in [3.63, 3.8) is 0 Å². The maximum absolute atomic E-state index is 10.8. The second-order valence-electron chi connectivity index (χ2n) is 8.37. The van der Waals surface area contributed by atoms with Gasteiger partial charge in [0.05, 0.1) is 30.1 Å². The molecule has 156 valence electrons. The summed E-state index contributed by atoms with van der Waals surface area (Å²) in [7, 11) is -0.713. The van der Waals surface area contributed by atoms with Crippen molar-refractivity contribution in [1.29, 1.82) is 0 Å². The molecule has 6 nitrogen and oxygen atoms in total. The minimum atomic E-state index is -1.48. The number of methoxy groups -OCH3 is 1. The van der Waals surface area contributed by atoms with E-state index in [1.165, 1.54) is 13.2 Å². The third-order valence-corrected chi connectivity index (χ3v) is 7.12. The van der Waals surface area contributed by atoms with Crippen molar-refractivity contribution < 1.29 is 28.6 Å². The number of rotatable bonds is 9. The third-order valence-electron chi connectivity index (χ3n) is 3.10. The number of carbonyl (C=O) groups is 1. The summed E-state index contributed by atoms with van der Waals surface area (Å²) < 4.78 is 16.8. The summed E-state index contributed by atoms with van der Waals surface area (Å²) in [6, 6.07) is 0. The van der Waals surface area contributed by atoms with Gasteiger partial charge in [-0.2, -0.15) is 0 Å². The third kappa shape index (κ3) is 15.9. The SMILES string of the molecule is CCC([SiH3])(O[Si](C)(C)C)O[Si](C)(C)C.COC(=O)C(C)=CCC(O)CO. The number of ether oxygens (including phenoxy) is 1. The average Bonchev–Trinajstić information content (AvgIpc) is 2.48. The zero-order valence-electron chi connectivity index (χ0n) is 18.3. The molecule has 0 amide bonds. The van der Waals surface area contributed by atoms with E-state index in [9.17, 15) is 4.79 Å². The van der Waals surface area contributed by atoms with Crippen molar-refractivity contribution >= 4 is 32.8 Å². The van der Waals surface area contributed by atoms with Crippen LogP contribution in [-0.4, -0.2) is 68.3 Å². The zero-order chi connectivity index (χ0) is 21.2. The molecule has 0 aromatic rings. The van der Waals surface area contributed by atoms with Crippen LogP contribution in [-0.2, 0) is 18.4 Å². The number of esters is 1. The predicted molar refractivity (Wildman–Crippen MR) is 115 cm³/mol. The van der Waals surface area contributed by atoms with Crippen molar-refractivity contribution in [2.45, 2.75) is 77.5 Å². The molecule has 0 saturated carbocycles. The normalized spacial score (nSPS) is 14.5. The summed E-state index contributed by atoms with van der Waals surface area (Å²) in [6.45, 7) is 16.8. The van der Waals surface area contributed by atoms with Crippen LogP contribution in [0.2, 0.25) is 39.3 Å². The Bertz CT molecular complexity index is 425. The van der Waals surface area contributed by atoms with Crippen molar-refractivity contribution in [2.75, 3.05) is 13.7 Å². The molecule has 0 radical (unpaired) electrons.